The molecule has 0 aliphatic carbocycles. The number of nitriles is 1. The smallest absolute Gasteiger partial charge is 0.179 e. The van der Waals surface area contributed by atoms with Crippen molar-refractivity contribution in [1.29, 1.82) is 5.26 Å². The van der Waals surface area contributed by atoms with Crippen molar-refractivity contribution in [2.24, 2.45) is 0 Å². The molecule has 1 N–H and O–H groups in total. The number of hydrogen-bond donors (Lipinski definition) is 1. The van der Waals surface area contributed by atoms with Crippen LogP contribution in [0.25, 0.3) is 10.9 Å². The molecule has 74 valence electrons. The third-order valence-corrected chi connectivity index (χ3v) is 2.19. The molecule has 0 aliphatic rings. The molecule has 0 amide bonds. The van der Waals surface area contributed by atoms with Crippen molar-refractivity contribution < 1.29 is 9.18 Å². The van der Waals surface area contributed by atoms with Crippen LogP contribution in [0.5, 0.6) is 0 Å². The fourth-order valence-corrected chi connectivity index (χ4v) is 1.53. The number of nitrogens with zero attached hydrogens (tertiary/aromatic N) is 1. The van der Waals surface area contributed by atoms with Gasteiger partial charge in [0.15, 0.2) is 5.78 Å². The van der Waals surface area contributed by atoms with Crippen LogP contribution in [0.15, 0.2) is 24.4 Å². The minimum absolute atomic E-state index is 0.235. The normalized spacial score (nSPS) is 10.1. The molecule has 0 bridgehead atoms. The first-order valence-corrected chi connectivity index (χ1v) is 4.40. The first-order valence-electron chi connectivity index (χ1n) is 4.40. The summed E-state index contributed by atoms with van der Waals surface area (Å²) >= 11 is 0. The van der Waals surface area contributed by atoms with Crippen molar-refractivity contribution in [2.75, 3.05) is 0 Å². The van der Waals surface area contributed by atoms with Crippen LogP contribution in [0, 0.1) is 17.1 Å². The number of carbonyl (C=O) groups is 1. The van der Waals surface area contributed by atoms with Crippen molar-refractivity contribution >= 4 is 16.7 Å². The molecule has 0 spiro atoms. The third-order valence-electron chi connectivity index (χ3n) is 2.19. The zero-order valence-electron chi connectivity index (χ0n) is 7.75. The Labute approximate surface area is 85.1 Å². The van der Waals surface area contributed by atoms with Gasteiger partial charge in [0.2, 0.25) is 0 Å². The number of hydrogen-bond acceptors (Lipinski definition) is 2. The lowest BCUT2D eigenvalue weighted by Crippen LogP contribution is -1.96. The molecular weight excluding hydrogens is 195 g/mol. The zero-order valence-corrected chi connectivity index (χ0v) is 7.75. The fraction of sp³-hybridized carbons (Fsp3) is 0.0909. The average Bonchev–Trinajstić information content (AvgIpc) is 2.63. The molecule has 0 unspecified atom stereocenters. The van der Waals surface area contributed by atoms with E-state index < -0.39 is 5.82 Å². The van der Waals surface area contributed by atoms with E-state index in [0.717, 1.165) is 0 Å². The maximum absolute atomic E-state index is 13.4. The van der Waals surface area contributed by atoms with E-state index in [-0.39, 0.29) is 23.2 Å². The number of rotatable bonds is 2. The van der Waals surface area contributed by atoms with Crippen molar-refractivity contribution in [1.82, 2.24) is 4.98 Å². The topological polar surface area (TPSA) is 56.6 Å². The molecule has 1 heterocycles. The Hall–Kier alpha value is -2.15. The molecule has 0 radical (unpaired) electrons. The van der Waals surface area contributed by atoms with E-state index in [2.05, 4.69) is 4.98 Å². The van der Waals surface area contributed by atoms with Crippen LogP contribution in [0.4, 0.5) is 4.39 Å². The van der Waals surface area contributed by atoms with E-state index in [9.17, 15) is 9.18 Å². The van der Waals surface area contributed by atoms with Crippen LogP contribution >= 0.6 is 0 Å². The molecule has 2 aromatic rings. The molecular formula is C11H7FN2O. The van der Waals surface area contributed by atoms with Gasteiger partial charge in [-0.1, -0.05) is 6.07 Å². The predicted molar refractivity (Wildman–Crippen MR) is 52.8 cm³/mol. The number of H-pyrrole nitrogens is 1. The van der Waals surface area contributed by atoms with Gasteiger partial charge < -0.3 is 4.98 Å². The van der Waals surface area contributed by atoms with Crippen molar-refractivity contribution in [3.63, 3.8) is 0 Å². The number of benzene rings is 1. The van der Waals surface area contributed by atoms with Gasteiger partial charge in [-0.25, -0.2) is 4.39 Å². The second-order valence-electron chi connectivity index (χ2n) is 3.12. The molecule has 15 heavy (non-hydrogen) atoms. The van der Waals surface area contributed by atoms with Crippen LogP contribution in [-0.2, 0) is 0 Å². The molecule has 2 rings (SSSR count). The standard InChI is InChI=1S/C11H7FN2O/c12-8-2-1-3-9-11(8)7(6-14-9)10(15)4-5-13/h1-3,6,14H,4H2. The summed E-state index contributed by atoms with van der Waals surface area (Å²) in [5.41, 5.74) is 0.806. The molecule has 0 fully saturated rings. The molecule has 4 heteroatoms. The Morgan fingerprint density at radius 2 is 2.33 bits per heavy atom. The first kappa shape index (κ1) is 9.41. The second kappa shape index (κ2) is 3.54. The highest BCUT2D eigenvalue weighted by Crippen LogP contribution is 2.22. The maximum atomic E-state index is 13.4. The van der Waals surface area contributed by atoms with Crippen LogP contribution < -0.4 is 0 Å². The summed E-state index contributed by atoms with van der Waals surface area (Å²) < 4.78 is 13.4. The molecule has 0 saturated heterocycles. The Kier molecular flexibility index (Phi) is 2.22. The van der Waals surface area contributed by atoms with Crippen LogP contribution in [0.1, 0.15) is 16.8 Å². The van der Waals surface area contributed by atoms with E-state index in [1.807, 2.05) is 0 Å². The highest BCUT2D eigenvalue weighted by molar-refractivity contribution is 6.08. The third kappa shape index (κ3) is 1.48. The number of nitrogens with one attached hydrogen (secondary N) is 1. The van der Waals surface area contributed by atoms with E-state index in [4.69, 9.17) is 5.26 Å². The van der Waals surface area contributed by atoms with Gasteiger partial charge in [0.25, 0.3) is 0 Å². The number of aromatic nitrogens is 1. The molecule has 0 aliphatic heterocycles. The zero-order chi connectivity index (χ0) is 10.8. The monoisotopic (exact) mass is 202 g/mol. The van der Waals surface area contributed by atoms with Crippen molar-refractivity contribution in [3.8, 4) is 6.07 Å². The summed E-state index contributed by atoms with van der Waals surface area (Å²) in [6, 6.07) is 6.29. The number of ketones is 1. The lowest BCUT2D eigenvalue weighted by atomic mass is 10.1. The number of Topliss-reactive ketones (excluding diaryl/α,β-unsaturated/α-hetero) is 1. The quantitative estimate of drug-likeness (QED) is 0.760. The van der Waals surface area contributed by atoms with Crippen LogP contribution in [0.3, 0.4) is 0 Å². The van der Waals surface area contributed by atoms with Gasteiger partial charge in [-0.2, -0.15) is 5.26 Å². The van der Waals surface area contributed by atoms with Gasteiger partial charge in [0.1, 0.15) is 5.82 Å². The van der Waals surface area contributed by atoms with E-state index in [1.54, 1.807) is 18.2 Å². The Morgan fingerprint density at radius 3 is 3.07 bits per heavy atom. The number of fused-ring (bicyclic) bond motifs is 1. The SMILES string of the molecule is N#CCC(=O)c1c[nH]c2cccc(F)c12. The predicted octanol–water partition coefficient (Wildman–Crippen LogP) is 2.40. The van der Waals surface area contributed by atoms with Gasteiger partial charge in [-0.15, -0.1) is 0 Å². The van der Waals surface area contributed by atoms with Crippen LogP contribution in [0.2, 0.25) is 0 Å². The number of aromatic amines is 1. The highest BCUT2D eigenvalue weighted by Gasteiger charge is 2.14. The molecule has 3 nitrogen and oxygen atoms in total. The first-order chi connectivity index (χ1) is 7.24. The average molecular weight is 202 g/mol. The molecule has 0 atom stereocenters. The summed E-state index contributed by atoms with van der Waals surface area (Å²) in [5, 5.41) is 8.66. The van der Waals surface area contributed by atoms with Gasteiger partial charge in [-0.05, 0) is 12.1 Å². The maximum Gasteiger partial charge on any atom is 0.179 e. The number of halogens is 1. The van der Waals surface area contributed by atoms with Crippen molar-refractivity contribution in [3.05, 3.63) is 35.8 Å². The molecule has 1 aromatic heterocycles. The van der Waals surface area contributed by atoms with Gasteiger partial charge in [0.05, 0.1) is 12.5 Å². The summed E-state index contributed by atoms with van der Waals surface area (Å²) in [5.74, 6) is -0.816. The summed E-state index contributed by atoms with van der Waals surface area (Å²) in [4.78, 5) is 14.3. The summed E-state index contributed by atoms with van der Waals surface area (Å²) in [6.45, 7) is 0. The minimum Gasteiger partial charge on any atom is -0.360 e. The Bertz CT molecular complexity index is 565. The largest absolute Gasteiger partial charge is 0.360 e. The fourth-order valence-electron chi connectivity index (χ4n) is 1.53. The minimum atomic E-state index is -0.449. The second-order valence-corrected chi connectivity index (χ2v) is 3.12. The Balaban J connectivity index is 2.63. The number of carbonyl (C=O) groups excluding carboxylic acids is 1. The van der Waals surface area contributed by atoms with Crippen molar-refractivity contribution in [2.45, 2.75) is 6.42 Å². The van der Waals surface area contributed by atoms with Gasteiger partial charge >= 0.3 is 0 Å². The summed E-state index contributed by atoms with van der Waals surface area (Å²) in [6.07, 6.45) is 1.20. The van der Waals surface area contributed by atoms with Gasteiger partial charge in [0, 0.05) is 22.7 Å². The van der Waals surface area contributed by atoms with Gasteiger partial charge in [-0.3, -0.25) is 4.79 Å². The van der Waals surface area contributed by atoms with E-state index in [1.165, 1.54) is 12.3 Å². The summed E-state index contributed by atoms with van der Waals surface area (Å²) in [7, 11) is 0. The molecule has 0 saturated carbocycles. The lowest BCUT2D eigenvalue weighted by molar-refractivity contribution is 0.0999. The highest BCUT2D eigenvalue weighted by atomic mass is 19.1. The van der Waals surface area contributed by atoms with Crippen LogP contribution in [-0.4, -0.2) is 10.8 Å². The lowest BCUT2D eigenvalue weighted by Gasteiger charge is -1.95. The van der Waals surface area contributed by atoms with E-state index in [0.29, 0.717) is 5.52 Å². The Morgan fingerprint density at radius 1 is 1.53 bits per heavy atom. The van der Waals surface area contributed by atoms with E-state index >= 15 is 0 Å². The molecule has 1 aromatic carbocycles.